The van der Waals surface area contributed by atoms with E-state index in [1.165, 1.54) is 24.2 Å². The predicted molar refractivity (Wildman–Crippen MR) is 110 cm³/mol. The van der Waals surface area contributed by atoms with Gasteiger partial charge in [-0.3, -0.25) is 9.78 Å². The first-order valence-corrected chi connectivity index (χ1v) is 9.48. The van der Waals surface area contributed by atoms with Crippen LogP contribution in [-0.2, 0) is 16.0 Å². The highest BCUT2D eigenvalue weighted by molar-refractivity contribution is 5.89. The van der Waals surface area contributed by atoms with Crippen molar-refractivity contribution >= 4 is 23.0 Å². The number of fused-ring (bicyclic) bond motifs is 1. The number of rotatable bonds is 6. The number of carbonyl (C=O) groups excluding carboxylic acids is 2. The zero-order chi connectivity index (χ0) is 22.0. The van der Waals surface area contributed by atoms with Crippen LogP contribution in [0.2, 0.25) is 0 Å². The zero-order valence-corrected chi connectivity index (χ0v) is 16.9. The third-order valence-electron chi connectivity index (χ3n) is 4.62. The van der Waals surface area contributed by atoms with Crippen molar-refractivity contribution < 1.29 is 19.1 Å². The van der Waals surface area contributed by atoms with Gasteiger partial charge in [-0.2, -0.15) is 5.10 Å². The lowest BCUT2D eigenvalue weighted by atomic mass is 10.1. The highest BCUT2D eigenvalue weighted by Crippen LogP contribution is 2.15. The van der Waals surface area contributed by atoms with Crippen LogP contribution < -0.4 is 5.56 Å². The second-order valence-electron chi connectivity index (χ2n) is 6.65. The lowest BCUT2D eigenvalue weighted by Crippen LogP contribution is -2.16. The van der Waals surface area contributed by atoms with Gasteiger partial charge in [0.15, 0.2) is 0 Å². The topological polar surface area (TPSA) is 121 Å². The summed E-state index contributed by atoms with van der Waals surface area (Å²) in [5.74, 6) is -0.749. The Bertz CT molecular complexity index is 1330. The molecular formula is C21H19N5O5. The minimum absolute atomic E-state index is 0.179. The molecule has 3 heterocycles. The van der Waals surface area contributed by atoms with E-state index in [0.29, 0.717) is 23.1 Å². The molecule has 158 valence electrons. The first kappa shape index (κ1) is 20.1. The maximum absolute atomic E-state index is 12.8. The molecule has 0 aliphatic rings. The fraction of sp³-hybridized carbons (Fsp3) is 0.190. The smallest absolute Gasteiger partial charge is 0.341 e. The molecule has 0 aliphatic heterocycles. The Morgan fingerprint density at radius 1 is 1.16 bits per heavy atom. The maximum Gasteiger partial charge on any atom is 0.341 e. The highest BCUT2D eigenvalue weighted by atomic mass is 16.5. The Labute approximate surface area is 176 Å². The van der Waals surface area contributed by atoms with E-state index in [1.807, 2.05) is 6.07 Å². The number of nitrogens with zero attached hydrogens (tertiary/aromatic N) is 4. The molecule has 3 aromatic heterocycles. The van der Waals surface area contributed by atoms with Crippen LogP contribution in [0.5, 0.6) is 0 Å². The second kappa shape index (κ2) is 8.27. The molecule has 0 bridgehead atoms. The molecule has 0 fully saturated rings. The molecule has 10 heteroatoms. The van der Waals surface area contributed by atoms with Crippen molar-refractivity contribution in [1.29, 1.82) is 0 Å². The Hall–Kier alpha value is -4.21. The van der Waals surface area contributed by atoms with Crippen LogP contribution >= 0.6 is 0 Å². The molecule has 31 heavy (non-hydrogen) atoms. The predicted octanol–water partition coefficient (Wildman–Crippen LogP) is 1.92. The SMILES string of the molecule is CCOC(=O)c1cnn(-c2nc3ccn(Cc4cccc(C(=O)OC)c4)c3c(=O)[nH]2)c1. The van der Waals surface area contributed by atoms with Gasteiger partial charge in [-0.05, 0) is 30.7 Å². The summed E-state index contributed by atoms with van der Waals surface area (Å²) in [7, 11) is 1.33. The van der Waals surface area contributed by atoms with E-state index in [1.54, 1.807) is 42.0 Å². The van der Waals surface area contributed by atoms with E-state index in [0.717, 1.165) is 5.56 Å². The van der Waals surface area contributed by atoms with Crippen molar-refractivity contribution in [2.75, 3.05) is 13.7 Å². The number of H-pyrrole nitrogens is 1. The first-order valence-electron chi connectivity index (χ1n) is 9.48. The fourth-order valence-electron chi connectivity index (χ4n) is 3.21. The second-order valence-corrected chi connectivity index (χ2v) is 6.65. The van der Waals surface area contributed by atoms with Gasteiger partial charge in [0.1, 0.15) is 5.52 Å². The standard InChI is InChI=1S/C21H19N5O5/c1-3-31-20(29)15-10-22-26(12-15)21-23-16-7-8-25(17(16)18(27)24-21)11-13-5-4-6-14(9-13)19(28)30-2/h4-10,12H,3,11H2,1-2H3,(H,23,24,27). The van der Waals surface area contributed by atoms with Gasteiger partial charge in [0.25, 0.3) is 5.56 Å². The maximum atomic E-state index is 12.8. The molecule has 4 rings (SSSR count). The van der Waals surface area contributed by atoms with Crippen LogP contribution in [0.3, 0.4) is 0 Å². The van der Waals surface area contributed by atoms with Gasteiger partial charge in [0.05, 0.1) is 36.6 Å². The van der Waals surface area contributed by atoms with Crippen LogP contribution in [0, 0.1) is 0 Å². The Morgan fingerprint density at radius 3 is 2.77 bits per heavy atom. The third kappa shape index (κ3) is 3.95. The number of ether oxygens (including phenoxy) is 2. The number of hydrogen-bond acceptors (Lipinski definition) is 7. The summed E-state index contributed by atoms with van der Waals surface area (Å²) in [6.45, 7) is 2.33. The molecule has 4 aromatic rings. The molecule has 0 saturated carbocycles. The highest BCUT2D eigenvalue weighted by Gasteiger charge is 2.14. The molecule has 1 N–H and O–H groups in total. The average molecular weight is 421 g/mol. The number of aromatic amines is 1. The minimum atomic E-state index is -0.502. The van der Waals surface area contributed by atoms with Crippen LogP contribution in [0.4, 0.5) is 0 Å². The van der Waals surface area contributed by atoms with Crippen molar-refractivity contribution in [2.45, 2.75) is 13.5 Å². The average Bonchev–Trinajstić information content (AvgIpc) is 3.41. The van der Waals surface area contributed by atoms with Crippen LogP contribution in [0.15, 0.2) is 53.7 Å². The first-order chi connectivity index (χ1) is 15.0. The van der Waals surface area contributed by atoms with Crippen LogP contribution in [0.1, 0.15) is 33.2 Å². The van der Waals surface area contributed by atoms with Gasteiger partial charge in [-0.1, -0.05) is 12.1 Å². The third-order valence-corrected chi connectivity index (χ3v) is 4.62. The molecule has 0 radical (unpaired) electrons. The van der Waals surface area contributed by atoms with Gasteiger partial charge in [-0.25, -0.2) is 19.3 Å². The molecule has 0 atom stereocenters. The quantitative estimate of drug-likeness (QED) is 0.472. The van der Waals surface area contributed by atoms with Gasteiger partial charge < -0.3 is 14.0 Å². The normalized spacial score (nSPS) is 10.9. The summed E-state index contributed by atoms with van der Waals surface area (Å²) in [5.41, 5.74) is 2.01. The van der Waals surface area contributed by atoms with Crippen molar-refractivity contribution in [3.05, 3.63) is 76.0 Å². The molecule has 0 spiro atoms. The van der Waals surface area contributed by atoms with Crippen molar-refractivity contribution in [2.24, 2.45) is 0 Å². The molecule has 0 unspecified atom stereocenters. The Balaban J connectivity index is 1.65. The summed E-state index contributed by atoms with van der Waals surface area (Å²) >= 11 is 0. The molecule has 0 saturated heterocycles. The largest absolute Gasteiger partial charge is 0.465 e. The lowest BCUT2D eigenvalue weighted by molar-refractivity contribution is 0.0525. The Kier molecular flexibility index (Phi) is 5.35. The number of aromatic nitrogens is 5. The van der Waals surface area contributed by atoms with Gasteiger partial charge in [0.2, 0.25) is 5.95 Å². The van der Waals surface area contributed by atoms with Gasteiger partial charge in [-0.15, -0.1) is 0 Å². The molecule has 10 nitrogen and oxygen atoms in total. The molecule has 0 amide bonds. The Morgan fingerprint density at radius 2 is 2.00 bits per heavy atom. The van der Waals surface area contributed by atoms with Crippen molar-refractivity contribution in [3.8, 4) is 5.95 Å². The van der Waals surface area contributed by atoms with Crippen LogP contribution in [-0.4, -0.2) is 50.0 Å². The molecule has 0 aliphatic carbocycles. The number of benzene rings is 1. The minimum Gasteiger partial charge on any atom is -0.465 e. The summed E-state index contributed by atoms with van der Waals surface area (Å²) in [4.78, 5) is 43.5. The van der Waals surface area contributed by atoms with E-state index in [9.17, 15) is 14.4 Å². The molecular weight excluding hydrogens is 402 g/mol. The van der Waals surface area contributed by atoms with E-state index < -0.39 is 11.9 Å². The summed E-state index contributed by atoms with van der Waals surface area (Å²) in [6.07, 6.45) is 4.54. The number of carbonyl (C=O) groups is 2. The zero-order valence-electron chi connectivity index (χ0n) is 16.9. The summed E-state index contributed by atoms with van der Waals surface area (Å²) in [5, 5.41) is 4.08. The van der Waals surface area contributed by atoms with Crippen LogP contribution in [0.25, 0.3) is 17.0 Å². The van der Waals surface area contributed by atoms with E-state index in [4.69, 9.17) is 9.47 Å². The van der Waals surface area contributed by atoms with Gasteiger partial charge in [0, 0.05) is 18.9 Å². The number of nitrogens with one attached hydrogen (secondary N) is 1. The van der Waals surface area contributed by atoms with Crippen molar-refractivity contribution in [1.82, 2.24) is 24.3 Å². The van der Waals surface area contributed by atoms with Crippen molar-refractivity contribution in [3.63, 3.8) is 0 Å². The number of esters is 2. The number of methoxy groups -OCH3 is 1. The van der Waals surface area contributed by atoms with E-state index >= 15 is 0 Å². The number of hydrogen-bond donors (Lipinski definition) is 1. The molecule has 1 aromatic carbocycles. The lowest BCUT2D eigenvalue weighted by Gasteiger charge is -2.07. The summed E-state index contributed by atoms with van der Waals surface area (Å²) < 4.78 is 12.8. The monoisotopic (exact) mass is 421 g/mol. The van der Waals surface area contributed by atoms with E-state index in [-0.39, 0.29) is 23.7 Å². The summed E-state index contributed by atoms with van der Waals surface area (Å²) in [6, 6.07) is 8.71. The van der Waals surface area contributed by atoms with E-state index in [2.05, 4.69) is 15.1 Å². The van der Waals surface area contributed by atoms with Gasteiger partial charge >= 0.3 is 11.9 Å². The fourth-order valence-corrected chi connectivity index (χ4v) is 3.21.